The lowest BCUT2D eigenvalue weighted by Crippen LogP contribution is -2.17. The molecule has 0 unspecified atom stereocenters. The standard InChI is InChI=1S/C15H11F6NO/c16-14(17,18)13-6-2-5-11(12(13)8-22)9-3-1-4-10(7-9)23-15(19,20)21/h1-7H,8,22H2. The summed E-state index contributed by atoms with van der Waals surface area (Å²) >= 11 is 0. The smallest absolute Gasteiger partial charge is 0.406 e. The predicted molar refractivity (Wildman–Crippen MR) is 71.5 cm³/mol. The van der Waals surface area contributed by atoms with Crippen LogP contribution in [0.2, 0.25) is 0 Å². The van der Waals surface area contributed by atoms with Gasteiger partial charge >= 0.3 is 12.5 Å². The molecule has 0 fully saturated rings. The van der Waals surface area contributed by atoms with Crippen LogP contribution in [0.5, 0.6) is 5.75 Å². The van der Waals surface area contributed by atoms with Crippen molar-refractivity contribution in [2.24, 2.45) is 5.73 Å². The molecule has 0 spiro atoms. The largest absolute Gasteiger partial charge is 0.573 e. The Labute approximate surface area is 127 Å². The SMILES string of the molecule is NCc1c(-c2cccc(OC(F)(F)F)c2)cccc1C(F)(F)F. The van der Waals surface area contributed by atoms with Crippen molar-refractivity contribution in [2.45, 2.75) is 19.1 Å². The summed E-state index contributed by atoms with van der Waals surface area (Å²) in [5, 5.41) is 0. The van der Waals surface area contributed by atoms with Crippen molar-refractivity contribution in [3.05, 3.63) is 53.6 Å². The van der Waals surface area contributed by atoms with Crippen molar-refractivity contribution in [2.75, 3.05) is 0 Å². The summed E-state index contributed by atoms with van der Waals surface area (Å²) in [5.41, 5.74) is 4.56. The van der Waals surface area contributed by atoms with Gasteiger partial charge in [0.05, 0.1) is 5.56 Å². The maximum Gasteiger partial charge on any atom is 0.573 e. The van der Waals surface area contributed by atoms with Gasteiger partial charge in [0.15, 0.2) is 0 Å². The minimum Gasteiger partial charge on any atom is -0.406 e. The second-order valence-electron chi connectivity index (χ2n) is 4.61. The van der Waals surface area contributed by atoms with Gasteiger partial charge in [-0.2, -0.15) is 13.2 Å². The highest BCUT2D eigenvalue weighted by molar-refractivity contribution is 5.70. The molecule has 0 bridgehead atoms. The number of hydrogen-bond donors (Lipinski definition) is 1. The van der Waals surface area contributed by atoms with Crippen LogP contribution >= 0.6 is 0 Å². The molecule has 0 amide bonds. The average Bonchev–Trinajstić information content (AvgIpc) is 2.44. The number of halogens is 6. The first-order chi connectivity index (χ1) is 10.6. The summed E-state index contributed by atoms with van der Waals surface area (Å²) in [7, 11) is 0. The third kappa shape index (κ3) is 4.16. The summed E-state index contributed by atoms with van der Waals surface area (Å²) in [4.78, 5) is 0. The first kappa shape index (κ1) is 17.1. The molecule has 124 valence electrons. The fourth-order valence-corrected chi connectivity index (χ4v) is 2.20. The zero-order valence-corrected chi connectivity index (χ0v) is 11.5. The minimum absolute atomic E-state index is 0.106. The van der Waals surface area contributed by atoms with E-state index in [9.17, 15) is 26.3 Å². The van der Waals surface area contributed by atoms with Gasteiger partial charge < -0.3 is 10.5 Å². The van der Waals surface area contributed by atoms with Crippen molar-refractivity contribution >= 4 is 0 Å². The van der Waals surface area contributed by atoms with E-state index in [0.717, 1.165) is 18.2 Å². The molecule has 0 aliphatic rings. The van der Waals surface area contributed by atoms with E-state index in [1.165, 1.54) is 24.3 Å². The summed E-state index contributed by atoms with van der Waals surface area (Å²) in [6, 6.07) is 8.14. The van der Waals surface area contributed by atoms with Crippen molar-refractivity contribution in [1.82, 2.24) is 0 Å². The van der Waals surface area contributed by atoms with E-state index in [2.05, 4.69) is 4.74 Å². The second-order valence-corrected chi connectivity index (χ2v) is 4.61. The molecule has 2 aromatic rings. The Morgan fingerprint density at radius 1 is 0.913 bits per heavy atom. The zero-order valence-electron chi connectivity index (χ0n) is 11.5. The van der Waals surface area contributed by atoms with Crippen molar-refractivity contribution in [3.8, 4) is 16.9 Å². The molecule has 0 saturated carbocycles. The van der Waals surface area contributed by atoms with Gasteiger partial charge in [-0.05, 0) is 34.9 Å². The zero-order chi connectivity index (χ0) is 17.3. The lowest BCUT2D eigenvalue weighted by atomic mass is 9.95. The van der Waals surface area contributed by atoms with Gasteiger partial charge in [-0.1, -0.05) is 24.3 Å². The van der Waals surface area contributed by atoms with Crippen LogP contribution < -0.4 is 10.5 Å². The van der Waals surface area contributed by atoms with Gasteiger partial charge in [0.2, 0.25) is 0 Å². The van der Waals surface area contributed by atoms with Gasteiger partial charge in [-0.25, -0.2) is 0 Å². The van der Waals surface area contributed by atoms with Gasteiger partial charge in [-0.3, -0.25) is 0 Å². The lowest BCUT2D eigenvalue weighted by Gasteiger charge is -2.16. The predicted octanol–water partition coefficient (Wildman–Crippen LogP) is 4.73. The first-order valence-corrected chi connectivity index (χ1v) is 6.37. The fraction of sp³-hybridized carbons (Fsp3) is 0.200. The topological polar surface area (TPSA) is 35.2 Å². The van der Waals surface area contributed by atoms with Crippen LogP contribution in [0.1, 0.15) is 11.1 Å². The van der Waals surface area contributed by atoms with Gasteiger partial charge in [0, 0.05) is 6.54 Å². The van der Waals surface area contributed by atoms with Crippen LogP contribution in [0, 0.1) is 0 Å². The average molecular weight is 335 g/mol. The highest BCUT2D eigenvalue weighted by atomic mass is 19.4. The Morgan fingerprint density at radius 2 is 1.57 bits per heavy atom. The Kier molecular flexibility index (Phi) is 4.56. The third-order valence-electron chi connectivity index (χ3n) is 3.06. The van der Waals surface area contributed by atoms with Crippen LogP contribution in [-0.2, 0) is 12.7 Å². The number of rotatable bonds is 3. The van der Waals surface area contributed by atoms with E-state index >= 15 is 0 Å². The number of benzene rings is 2. The lowest BCUT2D eigenvalue weighted by molar-refractivity contribution is -0.274. The van der Waals surface area contributed by atoms with E-state index in [4.69, 9.17) is 5.73 Å². The molecule has 0 aliphatic carbocycles. The Balaban J connectivity index is 2.53. The van der Waals surface area contributed by atoms with E-state index < -0.39 is 30.4 Å². The fourth-order valence-electron chi connectivity index (χ4n) is 2.20. The van der Waals surface area contributed by atoms with Crippen molar-refractivity contribution in [1.29, 1.82) is 0 Å². The van der Waals surface area contributed by atoms with Crippen LogP contribution in [0.3, 0.4) is 0 Å². The first-order valence-electron chi connectivity index (χ1n) is 6.37. The molecule has 0 aliphatic heterocycles. The molecule has 2 rings (SSSR count). The third-order valence-corrected chi connectivity index (χ3v) is 3.06. The second kappa shape index (κ2) is 6.11. The van der Waals surface area contributed by atoms with Crippen molar-refractivity contribution < 1.29 is 31.1 Å². The summed E-state index contributed by atoms with van der Waals surface area (Å²) in [5.74, 6) is -0.518. The maximum atomic E-state index is 13.0. The van der Waals surface area contributed by atoms with Crippen molar-refractivity contribution in [3.63, 3.8) is 0 Å². The van der Waals surface area contributed by atoms with Gasteiger partial charge in [0.25, 0.3) is 0 Å². The Morgan fingerprint density at radius 3 is 2.13 bits per heavy atom. The normalized spacial score (nSPS) is 12.3. The quantitative estimate of drug-likeness (QED) is 0.823. The number of nitrogens with two attached hydrogens (primary N) is 1. The van der Waals surface area contributed by atoms with E-state index in [1.807, 2.05) is 0 Å². The summed E-state index contributed by atoms with van der Waals surface area (Å²) < 4.78 is 79.5. The van der Waals surface area contributed by atoms with Gasteiger partial charge in [0.1, 0.15) is 5.75 Å². The molecule has 0 heterocycles. The molecule has 0 saturated heterocycles. The molecule has 0 radical (unpaired) electrons. The maximum absolute atomic E-state index is 13.0. The molecule has 0 aromatic heterocycles. The van der Waals surface area contributed by atoms with Crippen LogP contribution in [-0.4, -0.2) is 6.36 Å². The Bertz CT molecular complexity index is 693. The summed E-state index contributed by atoms with van der Waals surface area (Å²) in [6.07, 6.45) is -9.49. The Hall–Kier alpha value is -2.22. The highest BCUT2D eigenvalue weighted by Crippen LogP contribution is 2.37. The molecule has 2 aromatic carbocycles. The van der Waals surface area contributed by atoms with E-state index in [1.54, 1.807) is 0 Å². The van der Waals surface area contributed by atoms with Crippen LogP contribution in [0.15, 0.2) is 42.5 Å². The summed E-state index contributed by atoms with van der Waals surface area (Å²) in [6.45, 7) is -0.407. The molecule has 0 atom stereocenters. The van der Waals surface area contributed by atoms with E-state index in [-0.39, 0.29) is 16.7 Å². The van der Waals surface area contributed by atoms with E-state index in [0.29, 0.717) is 0 Å². The van der Waals surface area contributed by atoms with Crippen LogP contribution in [0.25, 0.3) is 11.1 Å². The number of alkyl halides is 6. The van der Waals surface area contributed by atoms with Gasteiger partial charge in [-0.15, -0.1) is 13.2 Å². The number of hydrogen-bond acceptors (Lipinski definition) is 2. The minimum atomic E-state index is -4.89. The molecule has 23 heavy (non-hydrogen) atoms. The molecule has 2 nitrogen and oxygen atoms in total. The molecule has 2 N–H and O–H groups in total. The van der Waals surface area contributed by atoms with Crippen LogP contribution in [0.4, 0.5) is 26.3 Å². The highest BCUT2D eigenvalue weighted by Gasteiger charge is 2.34. The number of ether oxygens (including phenoxy) is 1. The molecular formula is C15H11F6NO. The monoisotopic (exact) mass is 335 g/mol. The molecule has 8 heteroatoms. The molecular weight excluding hydrogens is 324 g/mol.